The lowest BCUT2D eigenvalue weighted by Gasteiger charge is -2.48. The van der Waals surface area contributed by atoms with Crippen LogP contribution in [-0.4, -0.2) is 22.4 Å². The highest BCUT2D eigenvalue weighted by atomic mass is 16.3. The van der Waals surface area contributed by atoms with E-state index in [9.17, 15) is 10.2 Å². The van der Waals surface area contributed by atoms with Crippen molar-refractivity contribution in [1.82, 2.24) is 0 Å². The minimum Gasteiger partial charge on any atom is -0.393 e. The van der Waals surface area contributed by atoms with Crippen LogP contribution in [0.2, 0.25) is 0 Å². The van der Waals surface area contributed by atoms with E-state index >= 15 is 0 Å². The predicted molar refractivity (Wildman–Crippen MR) is 129 cm³/mol. The summed E-state index contributed by atoms with van der Waals surface area (Å²) in [6.45, 7) is 16.2. The minimum atomic E-state index is -0.123. The van der Waals surface area contributed by atoms with E-state index in [0.717, 1.165) is 30.6 Å². The van der Waals surface area contributed by atoms with Crippen molar-refractivity contribution in [2.75, 3.05) is 0 Å². The maximum Gasteiger partial charge on any atom is 0.0573 e. The maximum atomic E-state index is 10.7. The first-order valence-electron chi connectivity index (χ1n) is 13.3. The van der Waals surface area contributed by atoms with Gasteiger partial charge in [0.25, 0.3) is 0 Å². The zero-order valence-electron chi connectivity index (χ0n) is 21.4. The molecule has 0 heterocycles. The molecular weight excluding hydrogens is 368 g/mol. The molecule has 30 heavy (non-hydrogen) atoms. The van der Waals surface area contributed by atoms with Crippen LogP contribution in [0.5, 0.6) is 0 Å². The highest BCUT2D eigenvalue weighted by Gasteiger charge is 2.44. The zero-order chi connectivity index (χ0) is 22.5. The van der Waals surface area contributed by atoms with Gasteiger partial charge in [0, 0.05) is 0 Å². The second-order valence-corrected chi connectivity index (χ2v) is 13.1. The molecule has 0 aromatic rings. The Morgan fingerprint density at radius 2 is 1.10 bits per heavy atom. The fraction of sp³-hybridized carbons (Fsp3) is 1.00. The first-order chi connectivity index (χ1) is 13.9. The van der Waals surface area contributed by atoms with E-state index in [2.05, 4.69) is 48.5 Å². The summed E-state index contributed by atoms with van der Waals surface area (Å²) < 4.78 is 0. The molecule has 2 nitrogen and oxygen atoms in total. The van der Waals surface area contributed by atoms with Gasteiger partial charge in [0.05, 0.1) is 12.2 Å². The number of aliphatic hydroxyl groups is 2. The standard InChI is InChI=1S/C28H54O2/c1-8-9-10-11-12-13-22(20-14-16-25(29)23(18-20)27(2,3)4)21-15-17-26(30)24(19-21)28(5,6)7/h20-26,29-30H,8-19H2,1-7H3. The van der Waals surface area contributed by atoms with Gasteiger partial charge >= 0.3 is 0 Å². The molecule has 0 amide bonds. The Morgan fingerprint density at radius 1 is 0.667 bits per heavy atom. The molecule has 2 aliphatic rings. The van der Waals surface area contributed by atoms with E-state index in [-0.39, 0.29) is 23.0 Å². The van der Waals surface area contributed by atoms with Crippen molar-refractivity contribution in [3.63, 3.8) is 0 Å². The molecule has 6 atom stereocenters. The van der Waals surface area contributed by atoms with Crippen LogP contribution in [0, 0.1) is 40.4 Å². The van der Waals surface area contributed by atoms with Crippen LogP contribution < -0.4 is 0 Å². The molecule has 0 bridgehead atoms. The van der Waals surface area contributed by atoms with Crippen LogP contribution in [0.3, 0.4) is 0 Å². The Morgan fingerprint density at radius 3 is 1.50 bits per heavy atom. The van der Waals surface area contributed by atoms with Crippen LogP contribution in [-0.2, 0) is 0 Å². The van der Waals surface area contributed by atoms with Gasteiger partial charge in [-0.15, -0.1) is 0 Å². The van der Waals surface area contributed by atoms with Crippen molar-refractivity contribution >= 4 is 0 Å². The smallest absolute Gasteiger partial charge is 0.0573 e. The van der Waals surface area contributed by atoms with Gasteiger partial charge in [-0.25, -0.2) is 0 Å². The molecule has 6 unspecified atom stereocenters. The molecule has 2 fully saturated rings. The molecule has 0 saturated heterocycles. The van der Waals surface area contributed by atoms with Crippen molar-refractivity contribution in [2.24, 2.45) is 40.4 Å². The number of hydrogen-bond donors (Lipinski definition) is 2. The monoisotopic (exact) mass is 422 g/mol. The molecule has 0 spiro atoms. The summed E-state index contributed by atoms with van der Waals surface area (Å²) >= 11 is 0. The molecule has 2 N–H and O–H groups in total. The van der Waals surface area contributed by atoms with Gasteiger partial charge in [0.15, 0.2) is 0 Å². The summed E-state index contributed by atoms with van der Waals surface area (Å²) in [5, 5.41) is 21.5. The van der Waals surface area contributed by atoms with E-state index in [1.54, 1.807) is 0 Å². The van der Waals surface area contributed by atoms with Gasteiger partial charge in [-0.3, -0.25) is 0 Å². The van der Waals surface area contributed by atoms with Crippen molar-refractivity contribution < 1.29 is 10.2 Å². The molecule has 2 aliphatic carbocycles. The average Bonchev–Trinajstić information content (AvgIpc) is 2.64. The van der Waals surface area contributed by atoms with E-state index in [4.69, 9.17) is 0 Å². The van der Waals surface area contributed by atoms with E-state index < -0.39 is 0 Å². The fourth-order valence-electron chi connectivity index (χ4n) is 6.85. The predicted octanol–water partition coefficient (Wildman–Crippen LogP) is 7.61. The Labute approximate surface area is 188 Å². The molecule has 0 radical (unpaired) electrons. The normalized spacial score (nSPS) is 34.7. The van der Waals surface area contributed by atoms with Gasteiger partial charge in [-0.05, 0) is 85.4 Å². The quantitative estimate of drug-likeness (QED) is 0.395. The molecule has 2 rings (SSSR count). The molecule has 0 aromatic carbocycles. The Bertz CT molecular complexity index is 448. The van der Waals surface area contributed by atoms with Gasteiger partial charge in [-0.2, -0.15) is 0 Å². The summed E-state index contributed by atoms with van der Waals surface area (Å²) in [7, 11) is 0. The summed E-state index contributed by atoms with van der Waals surface area (Å²) in [4.78, 5) is 0. The van der Waals surface area contributed by atoms with Crippen molar-refractivity contribution in [3.8, 4) is 0 Å². The van der Waals surface area contributed by atoms with E-state index in [0.29, 0.717) is 11.8 Å². The molecule has 2 saturated carbocycles. The highest BCUT2D eigenvalue weighted by molar-refractivity contribution is 4.94. The van der Waals surface area contributed by atoms with Crippen LogP contribution in [0.25, 0.3) is 0 Å². The van der Waals surface area contributed by atoms with Crippen molar-refractivity contribution in [2.45, 2.75) is 138 Å². The van der Waals surface area contributed by atoms with Crippen molar-refractivity contribution in [3.05, 3.63) is 0 Å². The van der Waals surface area contributed by atoms with Gasteiger partial charge in [0.2, 0.25) is 0 Å². The SMILES string of the molecule is CCCCCCCC(C1CCC(O)C(C(C)(C)C)C1)C1CCC(O)C(C(C)(C)C)C1. The zero-order valence-corrected chi connectivity index (χ0v) is 21.4. The first kappa shape index (κ1) is 26.2. The number of hydrogen-bond acceptors (Lipinski definition) is 2. The summed E-state index contributed by atoms with van der Waals surface area (Å²) in [6, 6.07) is 0. The number of aliphatic hydroxyl groups excluding tert-OH is 2. The molecule has 0 aromatic heterocycles. The topological polar surface area (TPSA) is 40.5 Å². The van der Waals surface area contributed by atoms with Crippen LogP contribution >= 0.6 is 0 Å². The molecule has 2 heteroatoms. The third kappa shape index (κ3) is 7.22. The largest absolute Gasteiger partial charge is 0.393 e. The Hall–Kier alpha value is -0.0800. The summed E-state index contributed by atoms with van der Waals surface area (Å²) in [6.07, 6.45) is 14.7. The molecular formula is C28H54O2. The van der Waals surface area contributed by atoms with Gasteiger partial charge in [-0.1, -0.05) is 80.6 Å². The summed E-state index contributed by atoms with van der Waals surface area (Å²) in [5.74, 6) is 3.13. The lowest BCUT2D eigenvalue weighted by molar-refractivity contribution is -0.0516. The van der Waals surface area contributed by atoms with Crippen molar-refractivity contribution in [1.29, 1.82) is 0 Å². The Kier molecular flexibility index (Phi) is 9.75. The molecule has 0 aliphatic heterocycles. The van der Waals surface area contributed by atoms with E-state index in [1.807, 2.05) is 0 Å². The third-order valence-electron chi connectivity index (χ3n) is 8.79. The van der Waals surface area contributed by atoms with Crippen LogP contribution in [0.1, 0.15) is 126 Å². The van der Waals surface area contributed by atoms with Crippen LogP contribution in [0.4, 0.5) is 0 Å². The Balaban J connectivity index is 2.13. The second kappa shape index (κ2) is 11.2. The van der Waals surface area contributed by atoms with Gasteiger partial charge in [0.1, 0.15) is 0 Å². The lowest BCUT2D eigenvalue weighted by atomic mass is 9.58. The van der Waals surface area contributed by atoms with Gasteiger partial charge < -0.3 is 10.2 Å². The minimum absolute atomic E-state index is 0.123. The highest BCUT2D eigenvalue weighted by Crippen LogP contribution is 2.50. The third-order valence-corrected chi connectivity index (χ3v) is 8.79. The number of rotatable bonds is 8. The summed E-state index contributed by atoms with van der Waals surface area (Å²) in [5.41, 5.74) is 0.362. The number of unbranched alkanes of at least 4 members (excludes halogenated alkanes) is 4. The second-order valence-electron chi connectivity index (χ2n) is 13.1. The average molecular weight is 423 g/mol. The first-order valence-corrected chi connectivity index (χ1v) is 13.3. The maximum absolute atomic E-state index is 10.7. The van der Waals surface area contributed by atoms with E-state index in [1.165, 1.54) is 64.2 Å². The molecule has 178 valence electrons. The fourth-order valence-corrected chi connectivity index (χ4v) is 6.85. The van der Waals surface area contributed by atoms with Crippen LogP contribution in [0.15, 0.2) is 0 Å². The lowest BCUT2D eigenvalue weighted by Crippen LogP contribution is -2.43.